The van der Waals surface area contributed by atoms with Crippen LogP contribution < -0.4 is 5.32 Å². The van der Waals surface area contributed by atoms with Gasteiger partial charge in [-0.3, -0.25) is 0 Å². The van der Waals surface area contributed by atoms with E-state index in [0.29, 0.717) is 0 Å². The van der Waals surface area contributed by atoms with Crippen LogP contribution in [0.2, 0.25) is 0 Å². The Bertz CT molecular complexity index is 541. The fourth-order valence-corrected chi connectivity index (χ4v) is 2.52. The summed E-state index contributed by atoms with van der Waals surface area (Å²) in [7, 11) is 0. The maximum atomic E-state index is 5.89. The van der Waals surface area contributed by atoms with E-state index in [1.54, 1.807) is 0 Å². The van der Waals surface area contributed by atoms with Gasteiger partial charge in [-0.25, -0.2) is 4.98 Å². The molecule has 1 aliphatic rings. The summed E-state index contributed by atoms with van der Waals surface area (Å²) in [6.45, 7) is 6.16. The molecule has 1 saturated heterocycles. The van der Waals surface area contributed by atoms with Crippen LogP contribution in [0.15, 0.2) is 16.5 Å². The first-order chi connectivity index (χ1) is 8.23. The molecule has 0 radical (unpaired) electrons. The lowest BCUT2D eigenvalue weighted by Gasteiger charge is -2.21. The lowest BCUT2D eigenvalue weighted by atomic mass is 9.84. The summed E-state index contributed by atoms with van der Waals surface area (Å²) >= 11 is 0. The van der Waals surface area contributed by atoms with E-state index >= 15 is 0 Å². The number of aromatic nitrogens is 2. The number of oxazole rings is 1. The Hall–Kier alpha value is -1.42. The van der Waals surface area contributed by atoms with Crippen molar-refractivity contribution in [3.63, 3.8) is 0 Å². The minimum atomic E-state index is 0.0641. The number of nitrogens with zero attached hydrogens (tertiary/aromatic N) is 2. The first-order valence-corrected chi connectivity index (χ1v) is 6.19. The average molecular weight is 231 g/mol. The Labute approximate surface area is 100 Å². The zero-order valence-corrected chi connectivity index (χ0v) is 10.3. The zero-order chi connectivity index (χ0) is 11.9. The van der Waals surface area contributed by atoms with Crippen LogP contribution in [0.4, 0.5) is 0 Å². The highest BCUT2D eigenvalue weighted by Gasteiger charge is 2.38. The van der Waals surface area contributed by atoms with Crippen molar-refractivity contribution in [2.75, 3.05) is 13.1 Å². The summed E-state index contributed by atoms with van der Waals surface area (Å²) in [6, 6.07) is 3.92. The number of rotatable bonds is 2. The van der Waals surface area contributed by atoms with Crippen molar-refractivity contribution in [2.45, 2.75) is 32.1 Å². The largest absolute Gasteiger partial charge is 0.438 e. The van der Waals surface area contributed by atoms with E-state index in [9.17, 15) is 0 Å². The van der Waals surface area contributed by atoms with Crippen LogP contribution in [0, 0.1) is 6.92 Å². The van der Waals surface area contributed by atoms with Crippen molar-refractivity contribution < 1.29 is 4.42 Å². The number of hydrogen-bond donors (Lipinski definition) is 1. The summed E-state index contributed by atoms with van der Waals surface area (Å²) in [5, 5.41) is 3.40. The Morgan fingerprint density at radius 2 is 2.29 bits per heavy atom. The first kappa shape index (κ1) is 10.7. The molecular formula is C13H17N3O. The highest BCUT2D eigenvalue weighted by molar-refractivity contribution is 5.67. The molecular weight excluding hydrogens is 214 g/mol. The normalized spacial score (nSPS) is 24.6. The molecule has 0 aromatic carbocycles. The lowest BCUT2D eigenvalue weighted by Crippen LogP contribution is -2.28. The third-order valence-electron chi connectivity index (χ3n) is 3.77. The van der Waals surface area contributed by atoms with E-state index in [1.807, 2.05) is 19.1 Å². The Morgan fingerprint density at radius 1 is 1.41 bits per heavy atom. The first-order valence-electron chi connectivity index (χ1n) is 6.19. The monoisotopic (exact) mass is 231 g/mol. The Morgan fingerprint density at radius 3 is 3.00 bits per heavy atom. The molecule has 3 heterocycles. The van der Waals surface area contributed by atoms with E-state index in [2.05, 4.69) is 22.2 Å². The van der Waals surface area contributed by atoms with Crippen molar-refractivity contribution in [2.24, 2.45) is 0 Å². The molecule has 1 unspecified atom stereocenters. The predicted octanol–water partition coefficient (Wildman–Crippen LogP) is 2.17. The molecule has 1 fully saturated rings. The van der Waals surface area contributed by atoms with Gasteiger partial charge in [0.05, 0.1) is 5.41 Å². The highest BCUT2D eigenvalue weighted by Crippen LogP contribution is 2.34. The molecule has 3 rings (SSSR count). The molecule has 4 heteroatoms. The molecule has 4 nitrogen and oxygen atoms in total. The van der Waals surface area contributed by atoms with Gasteiger partial charge in [-0.15, -0.1) is 0 Å². The van der Waals surface area contributed by atoms with Gasteiger partial charge in [0, 0.05) is 12.2 Å². The number of pyridine rings is 1. The predicted molar refractivity (Wildman–Crippen MR) is 66.0 cm³/mol. The molecule has 0 aliphatic carbocycles. The van der Waals surface area contributed by atoms with Crippen LogP contribution in [-0.2, 0) is 5.41 Å². The highest BCUT2D eigenvalue weighted by atomic mass is 16.4. The van der Waals surface area contributed by atoms with Crippen LogP contribution in [0.25, 0.3) is 11.2 Å². The second kappa shape index (κ2) is 3.81. The minimum absolute atomic E-state index is 0.0641. The van der Waals surface area contributed by atoms with E-state index in [-0.39, 0.29) is 5.41 Å². The second-order valence-corrected chi connectivity index (χ2v) is 4.85. The molecule has 0 spiro atoms. The standard InChI is InChI=1S/C13H17N3O/c1-3-13(6-7-14-8-13)12-16-11-10(17-12)5-4-9(2)15-11/h4-5,14H,3,6-8H2,1-2H3. The van der Waals surface area contributed by atoms with Crippen molar-refractivity contribution in [1.29, 1.82) is 0 Å². The summed E-state index contributed by atoms with van der Waals surface area (Å²) < 4.78 is 5.89. The third kappa shape index (κ3) is 1.63. The molecule has 1 atom stereocenters. The van der Waals surface area contributed by atoms with E-state index in [1.165, 1.54) is 0 Å². The van der Waals surface area contributed by atoms with Crippen LogP contribution in [0.1, 0.15) is 31.4 Å². The molecule has 2 aromatic rings. The smallest absolute Gasteiger partial charge is 0.204 e. The van der Waals surface area contributed by atoms with Crippen molar-refractivity contribution in [1.82, 2.24) is 15.3 Å². The van der Waals surface area contributed by atoms with Gasteiger partial charge in [0.2, 0.25) is 5.89 Å². The second-order valence-electron chi connectivity index (χ2n) is 4.85. The fourth-order valence-electron chi connectivity index (χ4n) is 2.52. The quantitative estimate of drug-likeness (QED) is 0.860. The molecule has 0 saturated carbocycles. The maximum absolute atomic E-state index is 5.89. The van der Waals surface area contributed by atoms with Gasteiger partial charge >= 0.3 is 0 Å². The van der Waals surface area contributed by atoms with E-state index in [0.717, 1.165) is 48.7 Å². The fraction of sp³-hybridized carbons (Fsp3) is 0.538. The van der Waals surface area contributed by atoms with Gasteiger partial charge in [0.1, 0.15) is 0 Å². The summed E-state index contributed by atoms with van der Waals surface area (Å²) in [4.78, 5) is 8.99. The molecule has 0 bridgehead atoms. The number of aryl methyl sites for hydroxylation is 1. The van der Waals surface area contributed by atoms with Gasteiger partial charge in [-0.1, -0.05) is 6.92 Å². The molecule has 90 valence electrons. The van der Waals surface area contributed by atoms with Gasteiger partial charge < -0.3 is 9.73 Å². The molecule has 17 heavy (non-hydrogen) atoms. The SMILES string of the molecule is CCC1(c2nc3nc(C)ccc3o2)CCNC1. The topological polar surface area (TPSA) is 51.0 Å². The number of nitrogens with one attached hydrogen (secondary N) is 1. The number of fused-ring (bicyclic) bond motifs is 1. The lowest BCUT2D eigenvalue weighted by molar-refractivity contribution is 0.344. The van der Waals surface area contributed by atoms with Crippen LogP contribution in [0.3, 0.4) is 0 Å². The van der Waals surface area contributed by atoms with Crippen LogP contribution in [0.5, 0.6) is 0 Å². The zero-order valence-electron chi connectivity index (χ0n) is 10.3. The molecule has 0 amide bonds. The summed E-state index contributed by atoms with van der Waals surface area (Å²) in [5.74, 6) is 0.845. The van der Waals surface area contributed by atoms with Gasteiger partial charge in [-0.05, 0) is 38.4 Å². The Balaban J connectivity index is 2.11. The van der Waals surface area contributed by atoms with Crippen molar-refractivity contribution in [3.05, 3.63) is 23.7 Å². The van der Waals surface area contributed by atoms with E-state index in [4.69, 9.17) is 4.42 Å². The van der Waals surface area contributed by atoms with E-state index < -0.39 is 0 Å². The Kier molecular flexibility index (Phi) is 2.40. The van der Waals surface area contributed by atoms with Crippen LogP contribution >= 0.6 is 0 Å². The molecule has 2 aromatic heterocycles. The maximum Gasteiger partial charge on any atom is 0.204 e. The van der Waals surface area contributed by atoms with Gasteiger partial charge in [0.15, 0.2) is 11.2 Å². The molecule has 1 aliphatic heterocycles. The third-order valence-corrected chi connectivity index (χ3v) is 3.77. The minimum Gasteiger partial charge on any atom is -0.438 e. The number of hydrogen-bond acceptors (Lipinski definition) is 4. The van der Waals surface area contributed by atoms with Crippen molar-refractivity contribution >= 4 is 11.2 Å². The molecule has 1 N–H and O–H groups in total. The van der Waals surface area contributed by atoms with Gasteiger partial charge in [-0.2, -0.15) is 4.98 Å². The average Bonchev–Trinajstić information content (AvgIpc) is 2.94. The van der Waals surface area contributed by atoms with Gasteiger partial charge in [0.25, 0.3) is 0 Å². The summed E-state index contributed by atoms with van der Waals surface area (Å²) in [5.41, 5.74) is 2.58. The van der Waals surface area contributed by atoms with Crippen molar-refractivity contribution in [3.8, 4) is 0 Å². The summed E-state index contributed by atoms with van der Waals surface area (Å²) in [6.07, 6.45) is 2.14. The van der Waals surface area contributed by atoms with Crippen LogP contribution in [-0.4, -0.2) is 23.1 Å².